The molecule has 2 fully saturated rings. The van der Waals surface area contributed by atoms with E-state index in [4.69, 9.17) is 29.8 Å². The van der Waals surface area contributed by atoms with Crippen molar-refractivity contribution in [2.75, 3.05) is 37.6 Å². The first kappa shape index (κ1) is 26.6. The number of hydrogen-bond acceptors (Lipinski definition) is 7. The average Bonchev–Trinajstić information content (AvgIpc) is 3.50. The zero-order valence-corrected chi connectivity index (χ0v) is 20.8. The first-order chi connectivity index (χ1) is 17.0. The number of nitrogens with zero attached hydrogens (tertiary/aromatic N) is 5. The van der Waals surface area contributed by atoms with Gasteiger partial charge >= 0.3 is 0 Å². The highest BCUT2D eigenvalue weighted by Crippen LogP contribution is 2.47. The molecule has 3 N–H and O–H groups in total. The Hall–Kier alpha value is -3.01. The molecule has 0 amide bonds. The quantitative estimate of drug-likeness (QED) is 0.557. The Labute approximate surface area is 206 Å². The van der Waals surface area contributed by atoms with Crippen molar-refractivity contribution in [2.45, 2.75) is 70.1 Å². The van der Waals surface area contributed by atoms with Crippen LogP contribution in [0.4, 0.5) is 5.82 Å². The van der Waals surface area contributed by atoms with Crippen LogP contribution in [0.3, 0.4) is 0 Å². The van der Waals surface area contributed by atoms with Crippen LogP contribution in [0.2, 0.25) is 0 Å². The third kappa shape index (κ3) is 6.17. The molecule has 1 aliphatic carbocycles. The van der Waals surface area contributed by atoms with Gasteiger partial charge in [-0.2, -0.15) is 5.10 Å². The van der Waals surface area contributed by atoms with Crippen LogP contribution in [0.1, 0.15) is 74.1 Å². The zero-order valence-electron chi connectivity index (χ0n) is 20.8. The molecule has 0 radical (unpaired) electrons. The third-order valence-electron chi connectivity index (χ3n) is 7.41. The number of piperidine rings is 2. The fourth-order valence-corrected chi connectivity index (χ4v) is 6.02. The Balaban J connectivity index is 0.000000520. The van der Waals surface area contributed by atoms with Gasteiger partial charge in [-0.15, -0.1) is 0 Å². The van der Waals surface area contributed by atoms with Gasteiger partial charge in [0.05, 0.1) is 5.69 Å². The predicted molar refractivity (Wildman–Crippen MR) is 133 cm³/mol. The van der Waals surface area contributed by atoms with E-state index in [1.807, 2.05) is 6.20 Å². The molecule has 0 saturated carbocycles. The summed E-state index contributed by atoms with van der Waals surface area (Å²) in [4.78, 5) is 32.0. The number of hydrogen-bond donors (Lipinski definition) is 3. The number of aromatic amines is 1. The molecule has 10 nitrogen and oxygen atoms in total. The minimum absolute atomic E-state index is 0.250. The second-order valence-corrected chi connectivity index (χ2v) is 9.57. The van der Waals surface area contributed by atoms with E-state index in [-0.39, 0.29) is 18.4 Å². The highest BCUT2D eigenvalue weighted by atomic mass is 16.3. The van der Waals surface area contributed by atoms with Crippen molar-refractivity contribution in [2.24, 2.45) is 0 Å². The van der Waals surface area contributed by atoms with Gasteiger partial charge < -0.3 is 20.0 Å². The monoisotopic (exact) mass is 486 g/mol. The minimum Gasteiger partial charge on any atom is -0.483 e. The summed E-state index contributed by atoms with van der Waals surface area (Å²) in [6.07, 6.45) is 10.4. The van der Waals surface area contributed by atoms with E-state index in [1.165, 1.54) is 68.1 Å². The van der Waals surface area contributed by atoms with Crippen LogP contribution in [0.25, 0.3) is 0 Å². The summed E-state index contributed by atoms with van der Waals surface area (Å²) in [7, 11) is 0. The van der Waals surface area contributed by atoms with Crippen molar-refractivity contribution in [1.82, 2.24) is 25.1 Å². The number of carbonyl (C=O) groups is 2. The summed E-state index contributed by atoms with van der Waals surface area (Å²) in [5.74, 6) is 2.78. The third-order valence-corrected chi connectivity index (χ3v) is 7.41. The molecule has 1 atom stereocenters. The van der Waals surface area contributed by atoms with E-state index in [1.54, 1.807) is 0 Å². The Bertz CT molecular complexity index is 938. The Morgan fingerprint density at radius 2 is 1.86 bits per heavy atom. The van der Waals surface area contributed by atoms with Gasteiger partial charge in [0.15, 0.2) is 0 Å². The normalized spacial score (nSPS) is 21.9. The molecule has 4 heterocycles. The molecule has 0 aromatic carbocycles. The number of rotatable bonds is 4. The van der Waals surface area contributed by atoms with Crippen molar-refractivity contribution >= 4 is 18.8 Å². The molecule has 10 heteroatoms. The molecule has 0 bridgehead atoms. The average molecular weight is 487 g/mol. The van der Waals surface area contributed by atoms with Crippen molar-refractivity contribution < 1.29 is 19.8 Å². The lowest BCUT2D eigenvalue weighted by molar-refractivity contribution is -0.123. The molecule has 35 heavy (non-hydrogen) atoms. The van der Waals surface area contributed by atoms with Crippen LogP contribution in [-0.4, -0.2) is 80.9 Å². The lowest BCUT2D eigenvalue weighted by atomic mass is 9.77. The highest BCUT2D eigenvalue weighted by molar-refractivity contribution is 5.54. The predicted octanol–water partition coefficient (Wildman–Crippen LogP) is 2.98. The molecular formula is C25H38N6O4. The fourth-order valence-electron chi connectivity index (χ4n) is 6.02. The molecule has 5 rings (SSSR count). The lowest BCUT2D eigenvalue weighted by Gasteiger charge is -2.41. The zero-order chi connectivity index (χ0) is 25.3. The van der Waals surface area contributed by atoms with E-state index >= 15 is 0 Å². The largest absolute Gasteiger partial charge is 0.483 e. The molecule has 2 aromatic heterocycles. The number of aromatic nitrogens is 4. The van der Waals surface area contributed by atoms with Gasteiger partial charge in [-0.3, -0.25) is 14.7 Å². The first-order valence-corrected chi connectivity index (χ1v) is 12.5. The van der Waals surface area contributed by atoms with E-state index in [0.717, 1.165) is 38.2 Å². The number of nitrogens with one attached hydrogen (secondary N) is 1. The summed E-state index contributed by atoms with van der Waals surface area (Å²) < 4.78 is 0. The maximum atomic E-state index is 8.36. The topological polar surface area (TPSA) is 136 Å². The maximum Gasteiger partial charge on any atom is 0.290 e. The van der Waals surface area contributed by atoms with Crippen molar-refractivity contribution in [3.63, 3.8) is 0 Å². The minimum atomic E-state index is -0.250. The number of fused-ring (bicyclic) bond motifs is 2. The Morgan fingerprint density at radius 1 is 1.14 bits per heavy atom. The molecule has 192 valence electrons. The van der Waals surface area contributed by atoms with E-state index in [0.29, 0.717) is 5.92 Å². The second kappa shape index (κ2) is 12.6. The van der Waals surface area contributed by atoms with Crippen LogP contribution >= 0.6 is 0 Å². The van der Waals surface area contributed by atoms with Crippen molar-refractivity contribution in [1.29, 1.82) is 0 Å². The lowest BCUT2D eigenvalue weighted by Crippen LogP contribution is -2.45. The van der Waals surface area contributed by atoms with Crippen LogP contribution in [-0.2, 0) is 21.4 Å². The van der Waals surface area contributed by atoms with Gasteiger partial charge in [0.1, 0.15) is 11.6 Å². The summed E-state index contributed by atoms with van der Waals surface area (Å²) in [6.45, 7) is 9.67. The molecule has 2 aromatic rings. The summed E-state index contributed by atoms with van der Waals surface area (Å²) in [6, 6.07) is 2.13. The Kier molecular flexibility index (Phi) is 9.59. The van der Waals surface area contributed by atoms with Gasteiger partial charge in [0.2, 0.25) is 0 Å². The standard InChI is InChI=1S/C23H34N6.2CH2O2/c1-3-12-28-13-4-9-23(16-28)10-5-19-21(23)25-17(2)26-22(19)29-14-7-18(8-15-29)20-6-11-24-27-20;2*2-1-3/h6,11,18H,3-5,7-10,12-16H2,1-2H3,(H,24,27);2*1H,(H,2,3). The molecule has 1 spiro atoms. The highest BCUT2D eigenvalue weighted by Gasteiger charge is 2.45. The molecule has 3 aliphatic rings. The van der Waals surface area contributed by atoms with Crippen molar-refractivity contribution in [3.8, 4) is 0 Å². The molecule has 2 aliphatic heterocycles. The van der Waals surface area contributed by atoms with Gasteiger partial charge in [0, 0.05) is 48.4 Å². The molecular weight excluding hydrogens is 448 g/mol. The first-order valence-electron chi connectivity index (χ1n) is 12.5. The summed E-state index contributed by atoms with van der Waals surface area (Å²) >= 11 is 0. The van der Waals surface area contributed by atoms with Gasteiger partial charge in [-0.05, 0) is 71.0 Å². The smallest absolute Gasteiger partial charge is 0.290 e. The van der Waals surface area contributed by atoms with Gasteiger partial charge in [-0.1, -0.05) is 6.92 Å². The van der Waals surface area contributed by atoms with Gasteiger partial charge in [0.25, 0.3) is 12.9 Å². The van der Waals surface area contributed by atoms with Crippen LogP contribution in [0.15, 0.2) is 12.3 Å². The van der Waals surface area contributed by atoms with Crippen LogP contribution in [0, 0.1) is 6.92 Å². The molecule has 2 saturated heterocycles. The number of aryl methyl sites for hydroxylation is 1. The Morgan fingerprint density at radius 3 is 2.49 bits per heavy atom. The number of anilines is 1. The van der Waals surface area contributed by atoms with Crippen LogP contribution in [0.5, 0.6) is 0 Å². The molecule has 1 unspecified atom stereocenters. The van der Waals surface area contributed by atoms with E-state index < -0.39 is 0 Å². The number of carboxylic acid groups (broad SMARTS) is 2. The fraction of sp³-hybridized carbons (Fsp3) is 0.640. The van der Waals surface area contributed by atoms with Crippen molar-refractivity contribution in [3.05, 3.63) is 35.0 Å². The summed E-state index contributed by atoms with van der Waals surface area (Å²) in [5, 5.41) is 21.1. The van der Waals surface area contributed by atoms with E-state index in [2.05, 4.69) is 39.9 Å². The van der Waals surface area contributed by atoms with E-state index in [9.17, 15) is 0 Å². The van der Waals surface area contributed by atoms with Gasteiger partial charge in [-0.25, -0.2) is 9.97 Å². The summed E-state index contributed by atoms with van der Waals surface area (Å²) in [5.41, 5.74) is 4.38. The maximum absolute atomic E-state index is 8.36. The van der Waals surface area contributed by atoms with Crippen LogP contribution < -0.4 is 4.90 Å². The number of likely N-dealkylation sites (tertiary alicyclic amines) is 1. The second-order valence-electron chi connectivity index (χ2n) is 9.57. The SMILES string of the molecule is CCCN1CCCC2(CCc3c(N4CCC(c5ccn[nH]5)CC4)nc(C)nc32)C1.O=CO.O=CO. The number of H-pyrrole nitrogens is 1.